The number of fused-ring (bicyclic) bond motifs is 1. The largest absolute Gasteiger partial charge is 0.465 e. The minimum absolute atomic E-state index is 0.111. The summed E-state index contributed by atoms with van der Waals surface area (Å²) in [6.45, 7) is 5.87. The highest BCUT2D eigenvalue weighted by atomic mass is 35.5. The molecule has 190 valence electrons. The third kappa shape index (κ3) is 5.42. The molecule has 6 nitrogen and oxygen atoms in total. The number of anilines is 1. The molecule has 1 aromatic carbocycles. The Morgan fingerprint density at radius 2 is 1.84 bits per heavy atom. The fourth-order valence-corrected chi connectivity index (χ4v) is 4.91. The number of hydrogen-bond acceptors (Lipinski definition) is 6. The van der Waals surface area contributed by atoms with E-state index in [0.717, 1.165) is 33.3 Å². The molecule has 0 saturated carbocycles. The van der Waals surface area contributed by atoms with Gasteiger partial charge in [0.1, 0.15) is 16.8 Å². The monoisotopic (exact) mass is 518 g/mol. The molecular formula is C29H28ClFN4O2. The summed E-state index contributed by atoms with van der Waals surface area (Å²) >= 11 is 6.26. The van der Waals surface area contributed by atoms with E-state index in [2.05, 4.69) is 14.9 Å². The molecule has 0 amide bonds. The van der Waals surface area contributed by atoms with Gasteiger partial charge >= 0.3 is 5.97 Å². The number of piperidine rings is 1. The first-order valence-corrected chi connectivity index (χ1v) is 12.9. The Morgan fingerprint density at radius 3 is 2.54 bits per heavy atom. The van der Waals surface area contributed by atoms with Gasteiger partial charge in [-0.05, 0) is 54.7 Å². The first kappa shape index (κ1) is 25.1. The molecule has 37 heavy (non-hydrogen) atoms. The van der Waals surface area contributed by atoms with E-state index in [0.29, 0.717) is 49.3 Å². The number of pyridine rings is 3. The molecule has 0 N–H and O–H groups in total. The quantitative estimate of drug-likeness (QED) is 0.212. The van der Waals surface area contributed by atoms with Crippen molar-refractivity contribution in [2.24, 2.45) is 11.8 Å². The maximum absolute atomic E-state index is 13.8. The highest BCUT2D eigenvalue weighted by molar-refractivity contribution is 6.29. The number of benzene rings is 1. The van der Waals surface area contributed by atoms with Crippen molar-refractivity contribution in [1.82, 2.24) is 15.0 Å². The Morgan fingerprint density at radius 1 is 1.08 bits per heavy atom. The van der Waals surface area contributed by atoms with E-state index in [4.69, 9.17) is 21.3 Å². The SMILES string of the molecule is CC(C)COC(=O)C1CCN(c2nc(-c3ccnc(Cl)c3)c(-c3ccc(F)cc3)c3cnccc23)CC1. The molecule has 1 saturated heterocycles. The van der Waals surface area contributed by atoms with Gasteiger partial charge in [0, 0.05) is 53.6 Å². The van der Waals surface area contributed by atoms with Crippen LogP contribution in [-0.2, 0) is 9.53 Å². The van der Waals surface area contributed by atoms with Crippen LogP contribution in [0.2, 0.25) is 5.15 Å². The summed E-state index contributed by atoms with van der Waals surface area (Å²) in [4.78, 5) is 28.5. The van der Waals surface area contributed by atoms with Crippen LogP contribution in [0.4, 0.5) is 10.2 Å². The molecule has 0 aliphatic carbocycles. The first-order chi connectivity index (χ1) is 17.9. The van der Waals surface area contributed by atoms with Crippen molar-refractivity contribution in [2.45, 2.75) is 26.7 Å². The number of hydrogen-bond donors (Lipinski definition) is 0. The number of aromatic nitrogens is 3. The molecular weight excluding hydrogens is 491 g/mol. The van der Waals surface area contributed by atoms with Crippen molar-refractivity contribution >= 4 is 34.2 Å². The van der Waals surface area contributed by atoms with Gasteiger partial charge in [-0.15, -0.1) is 0 Å². The Balaban J connectivity index is 1.58. The zero-order chi connectivity index (χ0) is 25.9. The van der Waals surface area contributed by atoms with Crippen LogP contribution in [0, 0.1) is 17.7 Å². The molecule has 1 fully saturated rings. The molecule has 8 heteroatoms. The van der Waals surface area contributed by atoms with E-state index in [1.807, 2.05) is 32.2 Å². The fraction of sp³-hybridized carbons (Fsp3) is 0.310. The molecule has 1 aliphatic rings. The summed E-state index contributed by atoms with van der Waals surface area (Å²) < 4.78 is 19.3. The second kappa shape index (κ2) is 10.8. The lowest BCUT2D eigenvalue weighted by atomic mass is 9.93. The molecule has 0 unspecified atom stereocenters. The Labute approximate surface area is 220 Å². The van der Waals surface area contributed by atoms with Crippen molar-refractivity contribution in [1.29, 1.82) is 0 Å². The maximum atomic E-state index is 13.8. The van der Waals surface area contributed by atoms with Gasteiger partial charge in [-0.2, -0.15) is 0 Å². The molecule has 0 spiro atoms. The van der Waals surface area contributed by atoms with Gasteiger partial charge in [0.05, 0.1) is 18.2 Å². The van der Waals surface area contributed by atoms with Crippen LogP contribution in [0.1, 0.15) is 26.7 Å². The second-order valence-corrected chi connectivity index (χ2v) is 10.1. The van der Waals surface area contributed by atoms with Crippen LogP contribution in [0.25, 0.3) is 33.2 Å². The van der Waals surface area contributed by atoms with Crippen molar-refractivity contribution in [3.05, 3.63) is 72.0 Å². The van der Waals surface area contributed by atoms with Crippen molar-refractivity contribution in [3.8, 4) is 22.4 Å². The van der Waals surface area contributed by atoms with Gasteiger partial charge in [-0.25, -0.2) is 14.4 Å². The molecule has 1 aliphatic heterocycles. The van der Waals surface area contributed by atoms with Crippen molar-refractivity contribution in [3.63, 3.8) is 0 Å². The molecule has 4 heterocycles. The highest BCUT2D eigenvalue weighted by Gasteiger charge is 2.29. The lowest BCUT2D eigenvalue weighted by Gasteiger charge is -2.33. The molecule has 0 bridgehead atoms. The average molecular weight is 519 g/mol. The number of halogens is 2. The summed E-state index contributed by atoms with van der Waals surface area (Å²) in [5, 5.41) is 2.21. The number of ether oxygens (including phenoxy) is 1. The highest BCUT2D eigenvalue weighted by Crippen LogP contribution is 2.41. The van der Waals surface area contributed by atoms with E-state index in [1.54, 1.807) is 30.6 Å². The van der Waals surface area contributed by atoms with Crippen LogP contribution in [-0.4, -0.2) is 40.6 Å². The van der Waals surface area contributed by atoms with Crippen molar-refractivity contribution in [2.75, 3.05) is 24.6 Å². The van der Waals surface area contributed by atoms with Gasteiger partial charge in [-0.3, -0.25) is 9.78 Å². The van der Waals surface area contributed by atoms with Gasteiger partial charge in [0.15, 0.2) is 0 Å². The molecule has 0 atom stereocenters. The summed E-state index contributed by atoms with van der Waals surface area (Å²) in [7, 11) is 0. The molecule has 5 rings (SSSR count). The Kier molecular flexibility index (Phi) is 7.33. The summed E-state index contributed by atoms with van der Waals surface area (Å²) in [6.07, 6.45) is 6.61. The van der Waals surface area contributed by atoms with E-state index < -0.39 is 0 Å². The topological polar surface area (TPSA) is 68.2 Å². The predicted molar refractivity (Wildman–Crippen MR) is 144 cm³/mol. The lowest BCUT2D eigenvalue weighted by Crippen LogP contribution is -2.37. The average Bonchev–Trinajstić information content (AvgIpc) is 2.91. The van der Waals surface area contributed by atoms with Crippen LogP contribution < -0.4 is 4.90 Å². The van der Waals surface area contributed by atoms with Gasteiger partial charge in [-0.1, -0.05) is 37.6 Å². The van der Waals surface area contributed by atoms with Crippen LogP contribution >= 0.6 is 11.6 Å². The first-order valence-electron chi connectivity index (χ1n) is 12.5. The number of carbonyl (C=O) groups is 1. The maximum Gasteiger partial charge on any atom is 0.309 e. The number of esters is 1. The summed E-state index contributed by atoms with van der Waals surface area (Å²) in [6, 6.07) is 12.0. The van der Waals surface area contributed by atoms with E-state index in [1.165, 1.54) is 12.1 Å². The standard InChI is InChI=1S/C29H28ClFN4O2/c1-18(2)17-37-29(36)20-9-13-35(14-10-20)28-23-8-11-32-16-24(23)26(19-3-5-22(31)6-4-19)27(34-28)21-7-12-33-25(30)15-21/h3-8,11-12,15-16,18,20H,9-10,13-14,17H2,1-2H3. The molecule has 3 aromatic heterocycles. The van der Waals surface area contributed by atoms with Gasteiger partial charge in [0.2, 0.25) is 0 Å². The third-order valence-corrected chi connectivity index (χ3v) is 6.81. The Hall–Kier alpha value is -3.58. The minimum Gasteiger partial charge on any atom is -0.465 e. The van der Waals surface area contributed by atoms with E-state index in [-0.39, 0.29) is 17.7 Å². The zero-order valence-electron chi connectivity index (χ0n) is 20.8. The van der Waals surface area contributed by atoms with E-state index in [9.17, 15) is 9.18 Å². The summed E-state index contributed by atoms with van der Waals surface area (Å²) in [5.74, 6) is 0.598. The van der Waals surface area contributed by atoms with Crippen LogP contribution in [0.5, 0.6) is 0 Å². The molecule has 0 radical (unpaired) electrons. The number of nitrogens with zero attached hydrogens (tertiary/aromatic N) is 4. The van der Waals surface area contributed by atoms with Crippen LogP contribution in [0.3, 0.4) is 0 Å². The van der Waals surface area contributed by atoms with Gasteiger partial charge in [0.25, 0.3) is 0 Å². The zero-order valence-corrected chi connectivity index (χ0v) is 21.6. The number of rotatable bonds is 6. The van der Waals surface area contributed by atoms with Gasteiger partial charge < -0.3 is 9.64 Å². The Bertz CT molecular complexity index is 1420. The third-order valence-electron chi connectivity index (χ3n) is 6.61. The minimum atomic E-state index is -0.306. The smallest absolute Gasteiger partial charge is 0.309 e. The van der Waals surface area contributed by atoms with Crippen molar-refractivity contribution < 1.29 is 13.9 Å². The second-order valence-electron chi connectivity index (χ2n) is 9.74. The normalized spacial score (nSPS) is 14.4. The predicted octanol–water partition coefficient (Wildman–Crippen LogP) is 6.57. The lowest BCUT2D eigenvalue weighted by molar-refractivity contribution is -0.150. The number of carbonyl (C=O) groups excluding carboxylic acids is 1. The fourth-order valence-electron chi connectivity index (χ4n) is 4.74. The van der Waals surface area contributed by atoms with E-state index >= 15 is 0 Å². The molecule has 4 aromatic rings. The summed E-state index contributed by atoms with van der Waals surface area (Å²) in [5.41, 5.74) is 3.19. The van der Waals surface area contributed by atoms with Crippen LogP contribution in [0.15, 0.2) is 61.1 Å².